The molecule has 0 fully saturated rings. The van der Waals surface area contributed by atoms with Crippen molar-refractivity contribution in [1.29, 1.82) is 0 Å². The van der Waals surface area contributed by atoms with Crippen molar-refractivity contribution >= 4 is 34.8 Å². The zero-order valence-electron chi connectivity index (χ0n) is 12.9. The van der Waals surface area contributed by atoms with E-state index in [-0.39, 0.29) is 31.5 Å². The van der Waals surface area contributed by atoms with Crippen molar-refractivity contribution in [3.8, 4) is 0 Å². The van der Waals surface area contributed by atoms with Crippen LogP contribution in [0.2, 0.25) is 5.02 Å². The van der Waals surface area contributed by atoms with E-state index in [0.717, 1.165) is 0 Å². The summed E-state index contributed by atoms with van der Waals surface area (Å²) in [5.74, 6) is -0.578. The SMILES string of the molecule is O=C(CNc1ccccc1C(=O)NCCO)Nc1cccc(Cl)c1. The number of para-hydroxylation sites is 1. The Morgan fingerprint density at radius 2 is 1.88 bits per heavy atom. The molecule has 0 aliphatic rings. The van der Waals surface area contributed by atoms with Gasteiger partial charge in [0.2, 0.25) is 5.91 Å². The lowest BCUT2D eigenvalue weighted by Crippen LogP contribution is -2.28. The van der Waals surface area contributed by atoms with Crippen molar-refractivity contribution < 1.29 is 14.7 Å². The Bertz CT molecular complexity index is 722. The number of aliphatic hydroxyl groups is 1. The van der Waals surface area contributed by atoms with Gasteiger partial charge in [-0.2, -0.15) is 0 Å². The van der Waals surface area contributed by atoms with Gasteiger partial charge in [0.15, 0.2) is 0 Å². The zero-order chi connectivity index (χ0) is 17.4. The summed E-state index contributed by atoms with van der Waals surface area (Å²) in [6.07, 6.45) is 0. The Labute approximate surface area is 144 Å². The Hall–Kier alpha value is -2.57. The third-order valence-corrected chi connectivity index (χ3v) is 3.35. The molecular formula is C17H18ClN3O3. The highest BCUT2D eigenvalue weighted by atomic mass is 35.5. The van der Waals surface area contributed by atoms with E-state index in [1.54, 1.807) is 48.5 Å². The van der Waals surface area contributed by atoms with Gasteiger partial charge in [0.1, 0.15) is 0 Å². The summed E-state index contributed by atoms with van der Waals surface area (Å²) in [6.45, 7) is 0.0304. The maximum absolute atomic E-state index is 12.0. The molecule has 126 valence electrons. The molecule has 0 spiro atoms. The summed E-state index contributed by atoms with van der Waals surface area (Å²) in [6, 6.07) is 13.7. The molecule has 4 N–H and O–H groups in total. The van der Waals surface area contributed by atoms with Crippen LogP contribution in [0.25, 0.3) is 0 Å². The van der Waals surface area contributed by atoms with Crippen LogP contribution in [0.3, 0.4) is 0 Å². The van der Waals surface area contributed by atoms with Crippen LogP contribution in [0.5, 0.6) is 0 Å². The van der Waals surface area contributed by atoms with Crippen molar-refractivity contribution in [2.45, 2.75) is 0 Å². The van der Waals surface area contributed by atoms with E-state index in [2.05, 4.69) is 16.0 Å². The largest absolute Gasteiger partial charge is 0.395 e. The number of amides is 2. The van der Waals surface area contributed by atoms with Crippen LogP contribution in [0.4, 0.5) is 11.4 Å². The minimum atomic E-state index is -0.317. The zero-order valence-corrected chi connectivity index (χ0v) is 13.6. The molecule has 0 atom stereocenters. The van der Waals surface area contributed by atoms with Crippen LogP contribution in [-0.4, -0.2) is 36.6 Å². The highest BCUT2D eigenvalue weighted by molar-refractivity contribution is 6.30. The minimum absolute atomic E-state index is 0.00317. The summed E-state index contributed by atoms with van der Waals surface area (Å²) in [5.41, 5.74) is 1.54. The first kappa shape index (κ1) is 17.8. The average Bonchev–Trinajstić information content (AvgIpc) is 2.58. The van der Waals surface area contributed by atoms with Crippen LogP contribution in [0.15, 0.2) is 48.5 Å². The standard InChI is InChI=1S/C17H18ClN3O3/c18-12-4-3-5-13(10-12)21-16(23)11-20-15-7-2-1-6-14(15)17(24)19-8-9-22/h1-7,10,20,22H,8-9,11H2,(H,19,24)(H,21,23). The molecule has 0 unspecified atom stereocenters. The minimum Gasteiger partial charge on any atom is -0.395 e. The molecule has 0 saturated heterocycles. The van der Waals surface area contributed by atoms with E-state index >= 15 is 0 Å². The fourth-order valence-corrected chi connectivity index (χ4v) is 2.24. The molecule has 7 heteroatoms. The molecule has 24 heavy (non-hydrogen) atoms. The van der Waals surface area contributed by atoms with Crippen molar-refractivity contribution in [1.82, 2.24) is 5.32 Å². The predicted octanol–water partition coefficient (Wildman–Crippen LogP) is 2.11. The van der Waals surface area contributed by atoms with E-state index in [4.69, 9.17) is 16.7 Å². The molecule has 6 nitrogen and oxygen atoms in total. The summed E-state index contributed by atoms with van der Waals surface area (Å²) in [7, 11) is 0. The molecular weight excluding hydrogens is 330 g/mol. The van der Waals surface area contributed by atoms with Gasteiger partial charge >= 0.3 is 0 Å². The van der Waals surface area contributed by atoms with Gasteiger partial charge in [-0.05, 0) is 30.3 Å². The lowest BCUT2D eigenvalue weighted by Gasteiger charge is -2.12. The lowest BCUT2D eigenvalue weighted by atomic mass is 10.1. The van der Waals surface area contributed by atoms with Crippen molar-refractivity contribution in [2.24, 2.45) is 0 Å². The monoisotopic (exact) mass is 347 g/mol. The van der Waals surface area contributed by atoms with E-state index in [1.165, 1.54) is 0 Å². The third kappa shape index (κ3) is 5.26. The summed E-state index contributed by atoms with van der Waals surface area (Å²) < 4.78 is 0. The van der Waals surface area contributed by atoms with Crippen LogP contribution >= 0.6 is 11.6 Å². The number of benzene rings is 2. The molecule has 2 aromatic carbocycles. The predicted molar refractivity (Wildman–Crippen MR) is 94.4 cm³/mol. The summed E-state index contributed by atoms with van der Waals surface area (Å²) in [5, 5.41) is 17.5. The van der Waals surface area contributed by atoms with Gasteiger partial charge in [0.05, 0.1) is 18.7 Å². The topological polar surface area (TPSA) is 90.5 Å². The quantitative estimate of drug-likeness (QED) is 0.617. The maximum atomic E-state index is 12.0. The van der Waals surface area contributed by atoms with Crippen molar-refractivity contribution in [3.63, 3.8) is 0 Å². The third-order valence-electron chi connectivity index (χ3n) is 3.12. The van der Waals surface area contributed by atoms with Gasteiger partial charge in [-0.3, -0.25) is 9.59 Å². The second kappa shape index (κ2) is 8.90. The Balaban J connectivity index is 1.96. The van der Waals surface area contributed by atoms with E-state index in [0.29, 0.717) is 22.0 Å². The average molecular weight is 348 g/mol. The molecule has 0 heterocycles. The number of hydrogen-bond acceptors (Lipinski definition) is 4. The van der Waals surface area contributed by atoms with Crippen LogP contribution in [-0.2, 0) is 4.79 Å². The molecule has 2 aromatic rings. The van der Waals surface area contributed by atoms with Crippen LogP contribution < -0.4 is 16.0 Å². The van der Waals surface area contributed by atoms with Crippen LogP contribution in [0.1, 0.15) is 10.4 Å². The molecule has 0 aliphatic heterocycles. The molecule has 0 aliphatic carbocycles. The van der Waals surface area contributed by atoms with Gasteiger partial charge in [-0.1, -0.05) is 29.8 Å². The highest BCUT2D eigenvalue weighted by Gasteiger charge is 2.11. The molecule has 0 saturated carbocycles. The number of aliphatic hydroxyl groups excluding tert-OH is 1. The van der Waals surface area contributed by atoms with Gasteiger partial charge in [0, 0.05) is 22.9 Å². The van der Waals surface area contributed by atoms with Crippen LogP contribution in [0, 0.1) is 0 Å². The smallest absolute Gasteiger partial charge is 0.253 e. The van der Waals surface area contributed by atoms with E-state index in [1.807, 2.05) is 0 Å². The second-order valence-electron chi connectivity index (χ2n) is 4.94. The second-order valence-corrected chi connectivity index (χ2v) is 5.37. The Morgan fingerprint density at radius 3 is 2.62 bits per heavy atom. The number of carbonyl (C=O) groups is 2. The van der Waals surface area contributed by atoms with Gasteiger partial charge in [-0.15, -0.1) is 0 Å². The number of hydrogen-bond donors (Lipinski definition) is 4. The molecule has 2 amide bonds. The van der Waals surface area contributed by atoms with E-state index < -0.39 is 0 Å². The van der Waals surface area contributed by atoms with Crippen molar-refractivity contribution in [3.05, 3.63) is 59.1 Å². The number of carbonyl (C=O) groups excluding carboxylic acids is 2. The Kier molecular flexibility index (Phi) is 6.60. The van der Waals surface area contributed by atoms with Gasteiger partial charge in [-0.25, -0.2) is 0 Å². The highest BCUT2D eigenvalue weighted by Crippen LogP contribution is 2.16. The Morgan fingerprint density at radius 1 is 1.08 bits per heavy atom. The molecule has 0 bridgehead atoms. The van der Waals surface area contributed by atoms with Gasteiger partial charge in [0.25, 0.3) is 5.91 Å². The fourth-order valence-electron chi connectivity index (χ4n) is 2.05. The fraction of sp³-hybridized carbons (Fsp3) is 0.176. The number of nitrogens with one attached hydrogen (secondary N) is 3. The number of rotatable bonds is 7. The first-order chi connectivity index (χ1) is 11.6. The molecule has 0 aromatic heterocycles. The number of anilines is 2. The normalized spacial score (nSPS) is 10.1. The summed E-state index contributed by atoms with van der Waals surface area (Å²) in [4.78, 5) is 24.0. The molecule has 0 radical (unpaired) electrons. The van der Waals surface area contributed by atoms with Crippen molar-refractivity contribution in [2.75, 3.05) is 30.3 Å². The first-order valence-corrected chi connectivity index (χ1v) is 7.75. The summed E-state index contributed by atoms with van der Waals surface area (Å²) >= 11 is 5.87. The first-order valence-electron chi connectivity index (χ1n) is 7.37. The molecule has 2 rings (SSSR count). The number of halogens is 1. The maximum Gasteiger partial charge on any atom is 0.253 e. The van der Waals surface area contributed by atoms with E-state index in [9.17, 15) is 9.59 Å². The lowest BCUT2D eigenvalue weighted by molar-refractivity contribution is -0.114. The van der Waals surface area contributed by atoms with Gasteiger partial charge < -0.3 is 21.1 Å².